The van der Waals surface area contributed by atoms with E-state index in [-0.39, 0.29) is 5.91 Å². The standard InChI is InChI=1S/C19H27N3O2/c1-5-7-11-21(14-16-9-8-10-17(12-16)24-4)19(23)18-13-20-22(6-2)15(18)3/h8-10,12-13H,5-7,11,14H2,1-4H3. The lowest BCUT2D eigenvalue weighted by atomic mass is 10.1. The molecule has 130 valence electrons. The molecule has 1 aromatic carbocycles. The lowest BCUT2D eigenvalue weighted by Crippen LogP contribution is -2.31. The fourth-order valence-corrected chi connectivity index (χ4v) is 2.74. The maximum absolute atomic E-state index is 13.0. The van der Waals surface area contributed by atoms with Crippen LogP contribution in [-0.2, 0) is 13.1 Å². The first kappa shape index (κ1) is 18.0. The molecule has 0 bridgehead atoms. The van der Waals surface area contributed by atoms with Gasteiger partial charge in [0.25, 0.3) is 5.91 Å². The first-order valence-corrected chi connectivity index (χ1v) is 8.55. The monoisotopic (exact) mass is 329 g/mol. The van der Waals surface area contributed by atoms with E-state index in [0.29, 0.717) is 12.1 Å². The summed E-state index contributed by atoms with van der Waals surface area (Å²) >= 11 is 0. The van der Waals surface area contributed by atoms with Crippen LogP contribution in [0.2, 0.25) is 0 Å². The molecule has 24 heavy (non-hydrogen) atoms. The van der Waals surface area contributed by atoms with Gasteiger partial charge in [0, 0.05) is 25.3 Å². The second kappa shape index (κ2) is 8.52. The zero-order chi connectivity index (χ0) is 17.5. The molecule has 0 fully saturated rings. The van der Waals surface area contributed by atoms with Gasteiger partial charge in [-0.05, 0) is 38.0 Å². The van der Waals surface area contributed by atoms with Crippen LogP contribution in [0.25, 0.3) is 0 Å². The number of nitrogens with zero attached hydrogens (tertiary/aromatic N) is 3. The average molecular weight is 329 g/mol. The molecule has 0 unspecified atom stereocenters. The lowest BCUT2D eigenvalue weighted by molar-refractivity contribution is 0.0739. The van der Waals surface area contributed by atoms with Crippen LogP contribution >= 0.6 is 0 Å². The first-order valence-electron chi connectivity index (χ1n) is 8.55. The van der Waals surface area contributed by atoms with Gasteiger partial charge in [-0.1, -0.05) is 25.5 Å². The number of hydrogen-bond donors (Lipinski definition) is 0. The van der Waals surface area contributed by atoms with Gasteiger partial charge in [0.15, 0.2) is 0 Å². The molecule has 5 nitrogen and oxygen atoms in total. The molecular formula is C19H27N3O2. The number of hydrogen-bond acceptors (Lipinski definition) is 3. The molecular weight excluding hydrogens is 302 g/mol. The second-order valence-corrected chi connectivity index (χ2v) is 5.89. The van der Waals surface area contributed by atoms with Gasteiger partial charge in [0.1, 0.15) is 5.75 Å². The van der Waals surface area contributed by atoms with Gasteiger partial charge >= 0.3 is 0 Å². The van der Waals surface area contributed by atoms with Gasteiger partial charge in [0.2, 0.25) is 0 Å². The first-order chi connectivity index (χ1) is 11.6. The molecule has 0 N–H and O–H groups in total. The van der Waals surface area contributed by atoms with Crippen molar-refractivity contribution in [3.63, 3.8) is 0 Å². The highest BCUT2D eigenvalue weighted by atomic mass is 16.5. The second-order valence-electron chi connectivity index (χ2n) is 5.89. The highest BCUT2D eigenvalue weighted by Gasteiger charge is 2.20. The molecule has 0 saturated heterocycles. The van der Waals surface area contributed by atoms with Crippen LogP contribution in [0, 0.1) is 6.92 Å². The minimum atomic E-state index is 0.0449. The zero-order valence-corrected chi connectivity index (χ0v) is 15.1. The van der Waals surface area contributed by atoms with E-state index in [0.717, 1.165) is 42.9 Å². The van der Waals surface area contributed by atoms with Crippen LogP contribution in [0.15, 0.2) is 30.5 Å². The molecule has 0 atom stereocenters. The average Bonchev–Trinajstić information content (AvgIpc) is 2.98. The van der Waals surface area contributed by atoms with Crippen molar-refractivity contribution in [2.75, 3.05) is 13.7 Å². The Labute approximate surface area is 144 Å². The van der Waals surface area contributed by atoms with E-state index in [1.165, 1.54) is 0 Å². The van der Waals surface area contributed by atoms with E-state index in [9.17, 15) is 4.79 Å². The lowest BCUT2D eigenvalue weighted by Gasteiger charge is -2.23. The predicted molar refractivity (Wildman–Crippen MR) is 95.3 cm³/mol. The van der Waals surface area contributed by atoms with Crippen molar-refractivity contribution in [2.24, 2.45) is 0 Å². The van der Waals surface area contributed by atoms with Gasteiger partial charge in [-0.2, -0.15) is 5.10 Å². The summed E-state index contributed by atoms with van der Waals surface area (Å²) in [5, 5.41) is 4.30. The summed E-state index contributed by atoms with van der Waals surface area (Å²) in [7, 11) is 1.65. The van der Waals surface area contributed by atoms with Crippen LogP contribution in [0.4, 0.5) is 0 Å². The van der Waals surface area contributed by atoms with Gasteiger partial charge in [-0.3, -0.25) is 9.48 Å². The van der Waals surface area contributed by atoms with E-state index in [4.69, 9.17) is 4.74 Å². The number of carbonyl (C=O) groups excluding carboxylic acids is 1. The van der Waals surface area contributed by atoms with Crippen molar-refractivity contribution >= 4 is 5.91 Å². The van der Waals surface area contributed by atoms with Gasteiger partial charge in [0.05, 0.1) is 18.9 Å². The van der Waals surface area contributed by atoms with Gasteiger partial charge in [-0.25, -0.2) is 0 Å². The summed E-state index contributed by atoms with van der Waals surface area (Å²) in [5.41, 5.74) is 2.69. The Balaban J connectivity index is 2.23. The summed E-state index contributed by atoms with van der Waals surface area (Å²) in [6.07, 6.45) is 3.72. The smallest absolute Gasteiger partial charge is 0.257 e. The normalized spacial score (nSPS) is 10.7. The van der Waals surface area contributed by atoms with E-state index in [1.807, 2.05) is 47.7 Å². The molecule has 1 amide bonds. The molecule has 1 heterocycles. The summed E-state index contributed by atoms with van der Waals surface area (Å²) in [6.45, 7) is 8.20. The maximum atomic E-state index is 13.0. The largest absolute Gasteiger partial charge is 0.497 e. The predicted octanol–water partition coefficient (Wildman–Crippen LogP) is 3.66. The molecule has 5 heteroatoms. The van der Waals surface area contributed by atoms with E-state index in [1.54, 1.807) is 13.3 Å². The molecule has 0 aliphatic carbocycles. The SMILES string of the molecule is CCCCN(Cc1cccc(OC)c1)C(=O)c1cnn(CC)c1C. The number of aryl methyl sites for hydroxylation is 1. The molecule has 1 aromatic heterocycles. The Morgan fingerprint density at radius 1 is 1.33 bits per heavy atom. The van der Waals surface area contributed by atoms with Crippen molar-refractivity contribution in [2.45, 2.75) is 46.7 Å². The van der Waals surface area contributed by atoms with Crippen LogP contribution in [0.1, 0.15) is 48.3 Å². The quantitative estimate of drug-likeness (QED) is 0.742. The molecule has 0 spiro atoms. The number of carbonyl (C=O) groups is 1. The fourth-order valence-electron chi connectivity index (χ4n) is 2.74. The minimum absolute atomic E-state index is 0.0449. The van der Waals surface area contributed by atoms with Crippen molar-refractivity contribution in [1.29, 1.82) is 0 Å². The van der Waals surface area contributed by atoms with Crippen LogP contribution in [0.5, 0.6) is 5.75 Å². The number of methoxy groups -OCH3 is 1. The molecule has 0 saturated carbocycles. The Morgan fingerprint density at radius 2 is 2.12 bits per heavy atom. The highest BCUT2D eigenvalue weighted by Crippen LogP contribution is 2.18. The molecule has 0 radical (unpaired) electrons. The van der Waals surface area contributed by atoms with Gasteiger partial charge in [-0.15, -0.1) is 0 Å². The zero-order valence-electron chi connectivity index (χ0n) is 15.1. The number of amides is 1. The number of unbranched alkanes of at least 4 members (excludes halogenated alkanes) is 1. The molecule has 0 aliphatic heterocycles. The Kier molecular flexibility index (Phi) is 6.41. The van der Waals surface area contributed by atoms with Crippen LogP contribution in [0.3, 0.4) is 0 Å². The Hall–Kier alpha value is -2.30. The minimum Gasteiger partial charge on any atom is -0.497 e. The summed E-state index contributed by atoms with van der Waals surface area (Å²) < 4.78 is 7.14. The Morgan fingerprint density at radius 3 is 2.75 bits per heavy atom. The maximum Gasteiger partial charge on any atom is 0.257 e. The van der Waals surface area contributed by atoms with Gasteiger partial charge < -0.3 is 9.64 Å². The molecule has 0 aliphatic rings. The third-order valence-corrected chi connectivity index (χ3v) is 4.21. The summed E-state index contributed by atoms with van der Waals surface area (Å²) in [6, 6.07) is 7.87. The van der Waals surface area contributed by atoms with E-state index >= 15 is 0 Å². The van der Waals surface area contributed by atoms with E-state index in [2.05, 4.69) is 12.0 Å². The van der Waals surface area contributed by atoms with Crippen LogP contribution < -0.4 is 4.74 Å². The third-order valence-electron chi connectivity index (χ3n) is 4.21. The summed E-state index contributed by atoms with van der Waals surface area (Å²) in [4.78, 5) is 14.9. The number of rotatable bonds is 8. The third kappa shape index (κ3) is 4.16. The number of aromatic nitrogens is 2. The van der Waals surface area contributed by atoms with E-state index < -0.39 is 0 Å². The number of benzene rings is 1. The number of ether oxygens (including phenoxy) is 1. The Bertz CT molecular complexity index is 679. The molecule has 2 aromatic rings. The summed E-state index contributed by atoms with van der Waals surface area (Å²) in [5.74, 6) is 0.855. The van der Waals surface area contributed by atoms with Crippen LogP contribution in [-0.4, -0.2) is 34.2 Å². The van der Waals surface area contributed by atoms with Crippen molar-refractivity contribution in [3.8, 4) is 5.75 Å². The fraction of sp³-hybridized carbons (Fsp3) is 0.474. The molecule has 2 rings (SSSR count). The van der Waals surface area contributed by atoms with Crippen molar-refractivity contribution in [1.82, 2.24) is 14.7 Å². The van der Waals surface area contributed by atoms with Crippen molar-refractivity contribution in [3.05, 3.63) is 47.3 Å². The van der Waals surface area contributed by atoms with Crippen molar-refractivity contribution < 1.29 is 9.53 Å². The highest BCUT2D eigenvalue weighted by molar-refractivity contribution is 5.95. The topological polar surface area (TPSA) is 47.4 Å².